The van der Waals surface area contributed by atoms with Crippen LogP contribution in [0.1, 0.15) is 30.1 Å². The van der Waals surface area contributed by atoms with Crippen LogP contribution in [0.3, 0.4) is 0 Å². The van der Waals surface area contributed by atoms with Crippen LogP contribution in [0.4, 0.5) is 8.78 Å². The summed E-state index contributed by atoms with van der Waals surface area (Å²) in [5, 5.41) is 4.98. The van der Waals surface area contributed by atoms with Gasteiger partial charge in [0.2, 0.25) is 15.9 Å². The summed E-state index contributed by atoms with van der Waals surface area (Å²) in [7, 11) is -1.76. The van der Waals surface area contributed by atoms with Crippen LogP contribution < -0.4 is 10.6 Å². The highest BCUT2D eigenvalue weighted by Gasteiger charge is 2.14. The topological polar surface area (TPSA) is 95.6 Å². The second-order valence-corrected chi connectivity index (χ2v) is 7.92. The lowest BCUT2D eigenvalue weighted by Crippen LogP contribution is -2.34. The van der Waals surface area contributed by atoms with Crippen LogP contribution in [-0.4, -0.2) is 57.0 Å². The first-order valence-corrected chi connectivity index (χ1v) is 9.72. The SMILES string of the molecule is CCS(=O)(=O)N(C)CCCNC(=O)CCNC(=O)c1ccc(F)cc1F. The zero-order valence-corrected chi connectivity index (χ0v) is 15.5. The maximum Gasteiger partial charge on any atom is 0.254 e. The van der Waals surface area contributed by atoms with Crippen molar-refractivity contribution in [1.82, 2.24) is 14.9 Å². The quantitative estimate of drug-likeness (QED) is 0.579. The van der Waals surface area contributed by atoms with E-state index in [4.69, 9.17) is 0 Å². The summed E-state index contributed by atoms with van der Waals surface area (Å²) >= 11 is 0. The van der Waals surface area contributed by atoms with Crippen LogP contribution in [0.25, 0.3) is 0 Å². The van der Waals surface area contributed by atoms with Gasteiger partial charge in [-0.3, -0.25) is 9.59 Å². The van der Waals surface area contributed by atoms with E-state index in [9.17, 15) is 26.8 Å². The summed E-state index contributed by atoms with van der Waals surface area (Å²) in [5.74, 6) is -2.80. The highest BCUT2D eigenvalue weighted by atomic mass is 32.2. The molecule has 0 radical (unpaired) electrons. The second kappa shape index (κ2) is 10.2. The molecule has 1 aromatic carbocycles. The molecule has 146 valence electrons. The number of amides is 2. The van der Waals surface area contributed by atoms with Crippen LogP contribution in [-0.2, 0) is 14.8 Å². The zero-order valence-electron chi connectivity index (χ0n) is 14.7. The van der Waals surface area contributed by atoms with Gasteiger partial charge >= 0.3 is 0 Å². The summed E-state index contributed by atoms with van der Waals surface area (Å²) in [6.07, 6.45) is 0.437. The van der Waals surface area contributed by atoms with Crippen LogP contribution in [0.5, 0.6) is 0 Å². The minimum Gasteiger partial charge on any atom is -0.356 e. The maximum absolute atomic E-state index is 13.4. The molecule has 0 atom stereocenters. The van der Waals surface area contributed by atoms with Crippen molar-refractivity contribution < 1.29 is 26.8 Å². The molecule has 7 nitrogen and oxygen atoms in total. The second-order valence-electron chi connectivity index (χ2n) is 5.56. The molecule has 0 heterocycles. The highest BCUT2D eigenvalue weighted by Crippen LogP contribution is 2.09. The van der Waals surface area contributed by atoms with Crippen molar-refractivity contribution in [1.29, 1.82) is 0 Å². The molecule has 0 aliphatic rings. The Balaban J connectivity index is 2.25. The number of carbonyl (C=O) groups excluding carboxylic acids is 2. The Labute approximate surface area is 151 Å². The van der Waals surface area contributed by atoms with Gasteiger partial charge in [-0.1, -0.05) is 0 Å². The molecule has 1 aromatic rings. The van der Waals surface area contributed by atoms with E-state index in [1.54, 1.807) is 6.92 Å². The van der Waals surface area contributed by atoms with E-state index in [1.807, 2.05) is 0 Å². The lowest BCUT2D eigenvalue weighted by Gasteiger charge is -2.15. The summed E-state index contributed by atoms with van der Waals surface area (Å²) in [4.78, 5) is 23.4. The van der Waals surface area contributed by atoms with E-state index in [2.05, 4.69) is 10.6 Å². The Hall–Kier alpha value is -2.07. The van der Waals surface area contributed by atoms with Gasteiger partial charge in [0.05, 0.1) is 11.3 Å². The van der Waals surface area contributed by atoms with Crippen molar-refractivity contribution in [2.24, 2.45) is 0 Å². The van der Waals surface area contributed by atoms with Crippen LogP contribution in [0.2, 0.25) is 0 Å². The highest BCUT2D eigenvalue weighted by molar-refractivity contribution is 7.89. The first-order valence-electron chi connectivity index (χ1n) is 8.11. The fourth-order valence-corrected chi connectivity index (χ4v) is 2.88. The first-order chi connectivity index (χ1) is 12.2. The van der Waals surface area contributed by atoms with E-state index >= 15 is 0 Å². The Kier molecular flexibility index (Phi) is 8.59. The van der Waals surface area contributed by atoms with Gasteiger partial charge in [-0.2, -0.15) is 0 Å². The molecule has 0 aliphatic carbocycles. The molecule has 0 unspecified atom stereocenters. The number of halogens is 2. The molecule has 2 amide bonds. The monoisotopic (exact) mass is 391 g/mol. The third-order valence-electron chi connectivity index (χ3n) is 3.62. The molecule has 10 heteroatoms. The van der Waals surface area contributed by atoms with Gasteiger partial charge in [0.25, 0.3) is 5.91 Å². The normalized spacial score (nSPS) is 11.4. The van der Waals surface area contributed by atoms with E-state index in [0.717, 1.165) is 12.1 Å². The molecule has 0 spiro atoms. The minimum absolute atomic E-state index is 0.00833. The Morgan fingerprint density at radius 1 is 1.15 bits per heavy atom. The molecule has 26 heavy (non-hydrogen) atoms. The van der Waals surface area contributed by atoms with Crippen LogP contribution in [0.15, 0.2) is 18.2 Å². The largest absolute Gasteiger partial charge is 0.356 e. The van der Waals surface area contributed by atoms with E-state index < -0.39 is 27.6 Å². The minimum atomic E-state index is -3.24. The van der Waals surface area contributed by atoms with E-state index in [1.165, 1.54) is 11.4 Å². The molecular weight excluding hydrogens is 368 g/mol. The number of nitrogens with one attached hydrogen (secondary N) is 2. The van der Waals surface area contributed by atoms with Gasteiger partial charge in [0.1, 0.15) is 11.6 Å². The van der Waals surface area contributed by atoms with Crippen molar-refractivity contribution in [2.45, 2.75) is 19.8 Å². The summed E-state index contributed by atoms with van der Waals surface area (Å²) < 4.78 is 50.5. The predicted octanol–water partition coefficient (Wildman–Crippen LogP) is 0.872. The molecule has 2 N–H and O–H groups in total. The average Bonchev–Trinajstić information content (AvgIpc) is 2.58. The number of nitrogens with zero attached hydrogens (tertiary/aromatic N) is 1. The van der Waals surface area contributed by atoms with Gasteiger partial charge in [-0.05, 0) is 25.5 Å². The summed E-state index contributed by atoms with van der Waals surface area (Å²) in [5.41, 5.74) is -0.299. The predicted molar refractivity (Wildman–Crippen MR) is 93.0 cm³/mol. The van der Waals surface area contributed by atoms with Crippen molar-refractivity contribution in [3.63, 3.8) is 0 Å². The third-order valence-corrected chi connectivity index (χ3v) is 5.49. The summed E-state index contributed by atoms with van der Waals surface area (Å²) in [6.45, 7) is 2.13. The van der Waals surface area contributed by atoms with Crippen LogP contribution in [0, 0.1) is 11.6 Å². The lowest BCUT2D eigenvalue weighted by molar-refractivity contribution is -0.120. The average molecular weight is 391 g/mol. The molecule has 0 saturated heterocycles. The fraction of sp³-hybridized carbons (Fsp3) is 0.500. The molecular formula is C16H23F2N3O4S. The third kappa shape index (κ3) is 7.04. The van der Waals surface area contributed by atoms with E-state index in [-0.39, 0.29) is 36.7 Å². The van der Waals surface area contributed by atoms with Gasteiger partial charge < -0.3 is 10.6 Å². The van der Waals surface area contributed by atoms with Crippen molar-refractivity contribution in [2.75, 3.05) is 32.4 Å². The zero-order chi connectivity index (χ0) is 19.7. The Morgan fingerprint density at radius 2 is 1.85 bits per heavy atom. The van der Waals surface area contributed by atoms with Crippen molar-refractivity contribution in [3.05, 3.63) is 35.4 Å². The summed E-state index contributed by atoms with van der Waals surface area (Å²) in [6, 6.07) is 2.61. The molecule has 0 bridgehead atoms. The molecule has 1 rings (SSSR count). The van der Waals surface area contributed by atoms with Crippen LogP contribution >= 0.6 is 0 Å². The van der Waals surface area contributed by atoms with Crippen molar-refractivity contribution >= 4 is 21.8 Å². The first kappa shape index (κ1) is 22.0. The number of hydrogen-bond donors (Lipinski definition) is 2. The number of benzene rings is 1. The standard InChI is InChI=1S/C16H23F2N3O4S/c1-3-26(24,25)21(2)10-4-8-19-15(22)7-9-20-16(23)13-6-5-12(17)11-14(13)18/h5-6,11H,3-4,7-10H2,1-2H3,(H,19,22)(H,20,23). The number of carbonyl (C=O) groups is 2. The van der Waals surface area contributed by atoms with Gasteiger partial charge in [-0.25, -0.2) is 21.5 Å². The van der Waals surface area contributed by atoms with Gasteiger partial charge in [0, 0.05) is 39.2 Å². The van der Waals surface area contributed by atoms with E-state index in [0.29, 0.717) is 19.0 Å². The molecule has 0 fully saturated rings. The molecule has 0 saturated carbocycles. The Bertz CT molecular complexity index is 741. The van der Waals surface area contributed by atoms with Crippen molar-refractivity contribution in [3.8, 4) is 0 Å². The fourth-order valence-electron chi connectivity index (χ4n) is 2.04. The number of hydrogen-bond acceptors (Lipinski definition) is 4. The smallest absolute Gasteiger partial charge is 0.254 e. The Morgan fingerprint density at radius 3 is 2.46 bits per heavy atom. The number of sulfonamides is 1. The molecule has 0 aromatic heterocycles. The lowest BCUT2D eigenvalue weighted by atomic mass is 10.2. The molecule has 0 aliphatic heterocycles. The van der Waals surface area contributed by atoms with Gasteiger partial charge in [0.15, 0.2) is 0 Å². The van der Waals surface area contributed by atoms with Gasteiger partial charge in [-0.15, -0.1) is 0 Å². The number of rotatable bonds is 10. The maximum atomic E-state index is 13.4.